The Morgan fingerprint density at radius 1 is 1.40 bits per heavy atom. The van der Waals surface area contributed by atoms with Crippen molar-refractivity contribution in [2.45, 2.75) is 0 Å². The molecule has 0 unspecified atom stereocenters. The van der Waals surface area contributed by atoms with Gasteiger partial charge in [0.15, 0.2) is 0 Å². The SMILES string of the molecule is S=c1[nH]ncn1/N=C\c1ccc(Cl)cc1. The van der Waals surface area contributed by atoms with E-state index in [9.17, 15) is 0 Å². The molecule has 0 aliphatic heterocycles. The lowest BCUT2D eigenvalue weighted by atomic mass is 10.2. The summed E-state index contributed by atoms with van der Waals surface area (Å²) in [5.41, 5.74) is 0.947. The fourth-order valence-electron chi connectivity index (χ4n) is 1.00. The van der Waals surface area contributed by atoms with Crippen molar-refractivity contribution in [2.75, 3.05) is 0 Å². The molecule has 0 aliphatic rings. The van der Waals surface area contributed by atoms with Crippen molar-refractivity contribution in [2.24, 2.45) is 5.10 Å². The number of rotatable bonds is 2. The highest BCUT2D eigenvalue weighted by Crippen LogP contribution is 2.07. The molecule has 0 radical (unpaired) electrons. The molecule has 0 aliphatic carbocycles. The van der Waals surface area contributed by atoms with Gasteiger partial charge in [-0.2, -0.15) is 14.9 Å². The van der Waals surface area contributed by atoms with E-state index in [1.807, 2.05) is 12.1 Å². The second-order valence-electron chi connectivity index (χ2n) is 2.80. The Labute approximate surface area is 96.2 Å². The number of hydrogen-bond acceptors (Lipinski definition) is 3. The van der Waals surface area contributed by atoms with Crippen LogP contribution in [-0.4, -0.2) is 21.1 Å². The first kappa shape index (κ1) is 10.1. The smallest absolute Gasteiger partial charge is 0.216 e. The molecule has 0 atom stereocenters. The van der Waals surface area contributed by atoms with E-state index in [2.05, 4.69) is 15.3 Å². The second kappa shape index (κ2) is 4.37. The van der Waals surface area contributed by atoms with Gasteiger partial charge in [0.2, 0.25) is 4.77 Å². The highest BCUT2D eigenvalue weighted by atomic mass is 35.5. The quantitative estimate of drug-likeness (QED) is 0.645. The zero-order valence-electron chi connectivity index (χ0n) is 7.59. The fraction of sp³-hybridized carbons (Fsp3) is 0. The minimum atomic E-state index is 0.459. The van der Waals surface area contributed by atoms with Crippen LogP contribution in [0.2, 0.25) is 5.02 Å². The van der Waals surface area contributed by atoms with Gasteiger partial charge in [-0.3, -0.25) is 5.10 Å². The third-order valence-corrected chi connectivity index (χ3v) is 2.27. The lowest BCUT2D eigenvalue weighted by Crippen LogP contribution is -1.88. The molecule has 4 nitrogen and oxygen atoms in total. The van der Waals surface area contributed by atoms with Crippen molar-refractivity contribution in [1.82, 2.24) is 14.9 Å². The van der Waals surface area contributed by atoms with Gasteiger partial charge in [0, 0.05) is 5.02 Å². The molecule has 1 N–H and O–H groups in total. The molecular formula is C9H7ClN4S. The predicted octanol–water partition coefficient (Wildman–Crippen LogP) is 2.48. The normalized spacial score (nSPS) is 11.0. The molecule has 0 spiro atoms. The van der Waals surface area contributed by atoms with Crippen LogP contribution in [0.5, 0.6) is 0 Å². The molecule has 6 heteroatoms. The highest BCUT2D eigenvalue weighted by Gasteiger charge is 1.90. The van der Waals surface area contributed by atoms with Crippen molar-refractivity contribution in [1.29, 1.82) is 0 Å². The zero-order chi connectivity index (χ0) is 10.7. The van der Waals surface area contributed by atoms with Crippen molar-refractivity contribution >= 4 is 30.0 Å². The van der Waals surface area contributed by atoms with E-state index in [0.717, 1.165) is 5.56 Å². The summed E-state index contributed by atoms with van der Waals surface area (Å²) in [6.07, 6.45) is 3.19. The van der Waals surface area contributed by atoms with Crippen molar-refractivity contribution in [3.05, 3.63) is 45.9 Å². The van der Waals surface area contributed by atoms with Crippen molar-refractivity contribution < 1.29 is 0 Å². The third kappa shape index (κ3) is 2.51. The zero-order valence-corrected chi connectivity index (χ0v) is 9.16. The molecule has 15 heavy (non-hydrogen) atoms. The molecule has 2 rings (SSSR count). The average Bonchev–Trinajstić information content (AvgIpc) is 2.63. The topological polar surface area (TPSA) is 46.0 Å². The van der Waals surface area contributed by atoms with E-state index in [1.165, 1.54) is 11.0 Å². The van der Waals surface area contributed by atoms with Crippen LogP contribution >= 0.6 is 23.8 Å². The van der Waals surface area contributed by atoms with E-state index in [4.69, 9.17) is 23.8 Å². The first-order valence-corrected chi connectivity index (χ1v) is 4.96. The molecule has 0 fully saturated rings. The first-order chi connectivity index (χ1) is 7.25. The van der Waals surface area contributed by atoms with Crippen LogP contribution in [0.1, 0.15) is 5.56 Å². The number of aromatic amines is 1. The standard InChI is InChI=1S/C9H7ClN4S/c10-8-3-1-7(2-4-8)5-12-14-6-11-13-9(14)15/h1-6H,(H,13,15)/b12-5-. The van der Waals surface area contributed by atoms with E-state index in [0.29, 0.717) is 9.79 Å². The van der Waals surface area contributed by atoms with E-state index in [-0.39, 0.29) is 0 Å². The molecule has 1 aromatic heterocycles. The maximum atomic E-state index is 5.76. The molecule has 1 heterocycles. The number of nitrogens with zero attached hydrogens (tertiary/aromatic N) is 3. The monoisotopic (exact) mass is 238 g/mol. The number of aromatic nitrogens is 3. The molecular weight excluding hydrogens is 232 g/mol. The Morgan fingerprint density at radius 3 is 2.73 bits per heavy atom. The minimum absolute atomic E-state index is 0.459. The van der Waals surface area contributed by atoms with Crippen LogP contribution in [0, 0.1) is 4.77 Å². The van der Waals surface area contributed by atoms with Gasteiger partial charge >= 0.3 is 0 Å². The fourth-order valence-corrected chi connectivity index (χ4v) is 1.28. The number of H-pyrrole nitrogens is 1. The van der Waals surface area contributed by atoms with Gasteiger partial charge in [-0.1, -0.05) is 23.7 Å². The molecule has 1 aromatic carbocycles. The van der Waals surface area contributed by atoms with E-state index in [1.54, 1.807) is 18.3 Å². The molecule has 0 saturated carbocycles. The van der Waals surface area contributed by atoms with Crippen LogP contribution in [0.15, 0.2) is 35.7 Å². The predicted molar refractivity (Wildman–Crippen MR) is 61.9 cm³/mol. The Morgan fingerprint density at radius 2 is 2.13 bits per heavy atom. The Balaban J connectivity index is 2.22. The minimum Gasteiger partial charge on any atom is -0.250 e. The summed E-state index contributed by atoms with van der Waals surface area (Å²) in [6.45, 7) is 0. The third-order valence-electron chi connectivity index (χ3n) is 1.74. The van der Waals surface area contributed by atoms with Gasteiger partial charge in [-0.15, -0.1) is 0 Å². The van der Waals surface area contributed by atoms with Gasteiger partial charge in [-0.25, -0.2) is 0 Å². The van der Waals surface area contributed by atoms with Gasteiger partial charge in [0.1, 0.15) is 6.33 Å². The molecule has 2 aromatic rings. The molecule has 76 valence electrons. The highest BCUT2D eigenvalue weighted by molar-refractivity contribution is 7.71. The largest absolute Gasteiger partial charge is 0.250 e. The van der Waals surface area contributed by atoms with Crippen LogP contribution < -0.4 is 0 Å². The van der Waals surface area contributed by atoms with Gasteiger partial charge in [0.05, 0.1) is 6.21 Å². The summed E-state index contributed by atoms with van der Waals surface area (Å²) in [5, 5.41) is 11.2. The van der Waals surface area contributed by atoms with Crippen LogP contribution in [-0.2, 0) is 0 Å². The second-order valence-corrected chi connectivity index (χ2v) is 3.63. The molecule has 0 amide bonds. The Kier molecular flexibility index (Phi) is 2.94. The lowest BCUT2D eigenvalue weighted by Gasteiger charge is -1.93. The average molecular weight is 239 g/mol. The molecule has 0 saturated heterocycles. The summed E-state index contributed by atoms with van der Waals surface area (Å²) in [4.78, 5) is 0. The van der Waals surface area contributed by atoms with Gasteiger partial charge in [0.25, 0.3) is 0 Å². The van der Waals surface area contributed by atoms with Gasteiger partial charge in [-0.05, 0) is 29.9 Å². The summed E-state index contributed by atoms with van der Waals surface area (Å²) in [7, 11) is 0. The maximum absolute atomic E-state index is 5.76. The summed E-state index contributed by atoms with van der Waals surface area (Å²) < 4.78 is 1.93. The Hall–Kier alpha value is -1.46. The number of nitrogens with one attached hydrogen (secondary N) is 1. The lowest BCUT2D eigenvalue weighted by molar-refractivity contribution is 0.863. The molecule has 0 bridgehead atoms. The number of halogens is 1. The van der Waals surface area contributed by atoms with Crippen LogP contribution in [0.25, 0.3) is 0 Å². The first-order valence-electron chi connectivity index (χ1n) is 4.17. The van der Waals surface area contributed by atoms with E-state index < -0.39 is 0 Å². The number of benzene rings is 1. The summed E-state index contributed by atoms with van der Waals surface area (Å²) in [6, 6.07) is 7.35. The van der Waals surface area contributed by atoms with Crippen LogP contribution in [0.4, 0.5) is 0 Å². The maximum Gasteiger partial charge on any atom is 0.216 e. The Bertz CT molecular complexity index is 526. The van der Waals surface area contributed by atoms with Gasteiger partial charge < -0.3 is 0 Å². The van der Waals surface area contributed by atoms with E-state index >= 15 is 0 Å². The number of hydrogen-bond donors (Lipinski definition) is 1. The van der Waals surface area contributed by atoms with Crippen LogP contribution in [0.3, 0.4) is 0 Å². The summed E-state index contributed by atoms with van der Waals surface area (Å²) >= 11 is 10.7. The summed E-state index contributed by atoms with van der Waals surface area (Å²) in [5.74, 6) is 0. The van der Waals surface area contributed by atoms with Crippen molar-refractivity contribution in [3.8, 4) is 0 Å². The van der Waals surface area contributed by atoms with Crippen molar-refractivity contribution in [3.63, 3.8) is 0 Å².